The Bertz CT molecular complexity index is 551. The molecule has 1 aromatic heterocycles. The Kier molecular flexibility index (Phi) is 6.37. The summed E-state index contributed by atoms with van der Waals surface area (Å²) >= 11 is 0. The lowest BCUT2D eigenvalue weighted by Gasteiger charge is -2.26. The van der Waals surface area contributed by atoms with Crippen LogP contribution in [0.1, 0.15) is 45.4 Å². The third kappa shape index (κ3) is 4.05. The normalized spacial score (nSPS) is 14.1. The molecule has 6 nitrogen and oxygen atoms in total. The van der Waals surface area contributed by atoms with E-state index in [1.165, 1.54) is 4.31 Å². The van der Waals surface area contributed by atoms with Gasteiger partial charge in [0.15, 0.2) is 5.03 Å². The molecule has 0 bridgehead atoms. The molecule has 0 aliphatic heterocycles. The van der Waals surface area contributed by atoms with Crippen LogP contribution in [-0.2, 0) is 16.6 Å². The largest absolute Gasteiger partial charge is 0.313 e. The molecule has 2 N–H and O–H groups in total. The number of aromatic nitrogens is 2. The monoisotopic (exact) mass is 316 g/mol. The first-order valence-corrected chi connectivity index (χ1v) is 8.90. The zero-order valence-electron chi connectivity index (χ0n) is 13.9. The van der Waals surface area contributed by atoms with Crippen molar-refractivity contribution in [2.75, 3.05) is 13.6 Å². The average molecular weight is 316 g/mol. The number of nitrogens with one attached hydrogen (secondary N) is 2. The summed E-state index contributed by atoms with van der Waals surface area (Å²) in [6, 6.07) is -0.0801. The molecule has 1 aromatic rings. The van der Waals surface area contributed by atoms with Crippen LogP contribution >= 0.6 is 0 Å². The van der Waals surface area contributed by atoms with Crippen molar-refractivity contribution in [3.8, 4) is 0 Å². The second-order valence-electron chi connectivity index (χ2n) is 5.81. The maximum absolute atomic E-state index is 12.8. The van der Waals surface area contributed by atoms with Crippen molar-refractivity contribution in [3.63, 3.8) is 0 Å². The van der Waals surface area contributed by atoms with Crippen LogP contribution in [0.25, 0.3) is 0 Å². The van der Waals surface area contributed by atoms with E-state index in [2.05, 4.69) is 22.4 Å². The second kappa shape index (κ2) is 7.38. The van der Waals surface area contributed by atoms with E-state index < -0.39 is 10.0 Å². The minimum Gasteiger partial charge on any atom is -0.313 e. The second-order valence-corrected chi connectivity index (χ2v) is 7.73. The van der Waals surface area contributed by atoms with Crippen molar-refractivity contribution >= 4 is 10.0 Å². The molecule has 0 spiro atoms. The molecule has 0 aliphatic rings. The lowest BCUT2D eigenvalue weighted by atomic mass is 10.1. The van der Waals surface area contributed by atoms with E-state index in [4.69, 9.17) is 0 Å². The van der Waals surface area contributed by atoms with Gasteiger partial charge in [-0.25, -0.2) is 8.42 Å². The first kappa shape index (κ1) is 18.1. The molecule has 122 valence electrons. The summed E-state index contributed by atoms with van der Waals surface area (Å²) in [4.78, 5) is 0. The molecule has 0 saturated heterocycles. The highest BCUT2D eigenvalue weighted by atomic mass is 32.2. The number of sulfonamides is 1. The van der Waals surface area contributed by atoms with Crippen molar-refractivity contribution in [2.45, 2.75) is 58.7 Å². The van der Waals surface area contributed by atoms with Crippen LogP contribution in [-0.4, -0.2) is 42.6 Å². The number of hydrogen-bond acceptors (Lipinski definition) is 4. The maximum Gasteiger partial charge on any atom is 0.262 e. The van der Waals surface area contributed by atoms with Gasteiger partial charge in [0.2, 0.25) is 0 Å². The van der Waals surface area contributed by atoms with Crippen molar-refractivity contribution in [3.05, 3.63) is 11.3 Å². The van der Waals surface area contributed by atoms with Gasteiger partial charge in [0.1, 0.15) is 0 Å². The van der Waals surface area contributed by atoms with Crippen LogP contribution < -0.4 is 5.32 Å². The van der Waals surface area contributed by atoms with E-state index in [0.29, 0.717) is 6.54 Å². The zero-order valence-corrected chi connectivity index (χ0v) is 14.7. The van der Waals surface area contributed by atoms with Gasteiger partial charge in [-0.15, -0.1) is 0 Å². The predicted octanol–water partition coefficient (Wildman–Crippen LogP) is 1.88. The van der Waals surface area contributed by atoms with E-state index in [9.17, 15) is 8.42 Å². The fraction of sp³-hybridized carbons (Fsp3) is 0.786. The Morgan fingerprint density at radius 3 is 2.48 bits per heavy atom. The Morgan fingerprint density at radius 2 is 1.95 bits per heavy atom. The van der Waals surface area contributed by atoms with E-state index >= 15 is 0 Å². The molecule has 0 saturated carbocycles. The highest BCUT2D eigenvalue weighted by Gasteiger charge is 2.31. The van der Waals surface area contributed by atoms with Crippen LogP contribution in [0, 0.1) is 12.8 Å². The Morgan fingerprint density at radius 1 is 1.33 bits per heavy atom. The van der Waals surface area contributed by atoms with E-state index in [1.807, 2.05) is 27.7 Å². The third-order valence-electron chi connectivity index (χ3n) is 3.93. The third-order valence-corrected chi connectivity index (χ3v) is 5.84. The summed E-state index contributed by atoms with van der Waals surface area (Å²) < 4.78 is 26.9. The van der Waals surface area contributed by atoms with Gasteiger partial charge in [-0.2, -0.15) is 9.40 Å². The van der Waals surface area contributed by atoms with Gasteiger partial charge in [0.25, 0.3) is 10.0 Å². The van der Waals surface area contributed by atoms with Gasteiger partial charge in [-0.05, 0) is 32.7 Å². The number of rotatable bonds is 8. The number of H-pyrrole nitrogens is 1. The number of hydrogen-bond donors (Lipinski definition) is 2. The molecule has 1 heterocycles. The summed E-state index contributed by atoms with van der Waals surface area (Å²) in [7, 11) is -1.96. The van der Waals surface area contributed by atoms with E-state index in [0.717, 1.165) is 24.2 Å². The molecule has 1 unspecified atom stereocenters. The summed E-state index contributed by atoms with van der Waals surface area (Å²) in [6.07, 6.45) is 1.00. The van der Waals surface area contributed by atoms with Crippen molar-refractivity contribution in [2.24, 2.45) is 5.92 Å². The smallest absolute Gasteiger partial charge is 0.262 e. The molecule has 1 rings (SSSR count). The highest BCUT2D eigenvalue weighted by Crippen LogP contribution is 2.23. The summed E-state index contributed by atoms with van der Waals surface area (Å²) in [5, 5.41) is 10.2. The van der Waals surface area contributed by atoms with E-state index in [1.54, 1.807) is 7.05 Å². The lowest BCUT2D eigenvalue weighted by molar-refractivity contribution is 0.314. The van der Waals surface area contributed by atoms with Crippen LogP contribution in [0.2, 0.25) is 0 Å². The predicted molar refractivity (Wildman–Crippen MR) is 84.6 cm³/mol. The van der Waals surface area contributed by atoms with Gasteiger partial charge < -0.3 is 5.32 Å². The standard InChI is InChI=1S/C14H28N4O2S/c1-7-8-15-9-13-11(4)16-17-14(13)21(19,20)18(6)12(5)10(2)3/h10,12,15H,7-9H2,1-6H3,(H,16,17). The summed E-state index contributed by atoms with van der Waals surface area (Å²) in [6.45, 7) is 11.2. The first-order chi connectivity index (χ1) is 9.73. The van der Waals surface area contributed by atoms with Crippen molar-refractivity contribution < 1.29 is 8.42 Å². The molecule has 0 amide bonds. The molecule has 21 heavy (non-hydrogen) atoms. The molecular formula is C14H28N4O2S. The lowest BCUT2D eigenvalue weighted by Crippen LogP contribution is -2.39. The fourth-order valence-corrected chi connectivity index (χ4v) is 3.67. The average Bonchev–Trinajstić information content (AvgIpc) is 2.79. The summed E-state index contributed by atoms with van der Waals surface area (Å²) in [5.41, 5.74) is 1.52. The quantitative estimate of drug-likeness (QED) is 0.718. The fourth-order valence-electron chi connectivity index (χ4n) is 2.02. The van der Waals surface area contributed by atoms with Gasteiger partial charge in [-0.3, -0.25) is 5.10 Å². The summed E-state index contributed by atoms with van der Waals surface area (Å²) in [5.74, 6) is 0.242. The van der Waals surface area contributed by atoms with Gasteiger partial charge in [0.05, 0.1) is 0 Å². The Labute approximate surface area is 128 Å². The van der Waals surface area contributed by atoms with Crippen molar-refractivity contribution in [1.29, 1.82) is 0 Å². The van der Waals surface area contributed by atoms with Gasteiger partial charge >= 0.3 is 0 Å². The topological polar surface area (TPSA) is 78.1 Å². The molecule has 0 radical (unpaired) electrons. The van der Waals surface area contributed by atoms with Crippen LogP contribution in [0.5, 0.6) is 0 Å². The molecule has 0 fully saturated rings. The van der Waals surface area contributed by atoms with Crippen LogP contribution in [0.4, 0.5) is 0 Å². The minimum absolute atomic E-state index is 0.0801. The number of aromatic amines is 1. The maximum atomic E-state index is 12.8. The zero-order chi connectivity index (χ0) is 16.2. The molecule has 7 heteroatoms. The van der Waals surface area contributed by atoms with Crippen LogP contribution in [0.15, 0.2) is 5.03 Å². The van der Waals surface area contributed by atoms with Gasteiger partial charge in [0, 0.05) is 30.9 Å². The molecule has 0 aromatic carbocycles. The highest BCUT2D eigenvalue weighted by molar-refractivity contribution is 7.89. The van der Waals surface area contributed by atoms with Crippen LogP contribution in [0.3, 0.4) is 0 Å². The van der Waals surface area contributed by atoms with Crippen molar-refractivity contribution in [1.82, 2.24) is 19.8 Å². The first-order valence-electron chi connectivity index (χ1n) is 7.46. The van der Waals surface area contributed by atoms with E-state index in [-0.39, 0.29) is 17.0 Å². The van der Waals surface area contributed by atoms with Gasteiger partial charge in [-0.1, -0.05) is 20.8 Å². The minimum atomic E-state index is -3.58. The Balaban J connectivity index is 3.08. The number of nitrogens with zero attached hydrogens (tertiary/aromatic N) is 2. The SMILES string of the molecule is CCCNCc1c(S(=O)(=O)N(C)C(C)C(C)C)n[nH]c1C. The molecule has 1 atom stereocenters. The molecular weight excluding hydrogens is 288 g/mol. The Hall–Kier alpha value is -0.920. The molecule has 0 aliphatic carbocycles. The number of aryl methyl sites for hydroxylation is 1.